The average molecular weight is 248 g/mol. The molecule has 0 spiro atoms. The second-order valence-corrected chi connectivity index (χ2v) is 4.65. The molecule has 1 aromatic heterocycles. The summed E-state index contributed by atoms with van der Waals surface area (Å²) in [5.41, 5.74) is 5.41. The molecule has 1 nitrogen and oxygen atoms in total. The lowest BCUT2D eigenvalue weighted by molar-refractivity contribution is 0.690. The Labute approximate surface area is 86.1 Å². The highest BCUT2D eigenvalue weighted by Gasteiger charge is 1.99. The van der Waals surface area contributed by atoms with Crippen molar-refractivity contribution in [1.82, 2.24) is 0 Å². The second-order valence-electron chi connectivity index (χ2n) is 2.79. The monoisotopic (exact) mass is 247 g/mol. The molecule has 1 heterocycles. The van der Waals surface area contributed by atoms with E-state index in [0.717, 1.165) is 13.0 Å². The molecule has 3 heteroatoms. The first-order valence-corrected chi connectivity index (χ1v) is 5.94. The highest BCUT2D eigenvalue weighted by molar-refractivity contribution is 9.10. The number of unbranched alkanes of at least 4 members (excludes halogenated alkanes) is 2. The van der Waals surface area contributed by atoms with E-state index in [1.165, 1.54) is 28.6 Å². The molecule has 1 rings (SSSR count). The molecule has 68 valence electrons. The standard InChI is InChI=1S/C9H14BrNS/c10-8-5-7-12-9(8)4-2-1-3-6-11/h5,7H,1-4,6,11H2. The number of hydrogen-bond donors (Lipinski definition) is 1. The van der Waals surface area contributed by atoms with Crippen molar-refractivity contribution < 1.29 is 0 Å². The Morgan fingerprint density at radius 3 is 2.75 bits per heavy atom. The van der Waals surface area contributed by atoms with E-state index >= 15 is 0 Å². The van der Waals surface area contributed by atoms with Crippen LogP contribution in [0.15, 0.2) is 15.9 Å². The largest absolute Gasteiger partial charge is 0.330 e. The summed E-state index contributed by atoms with van der Waals surface area (Å²) in [6, 6.07) is 2.11. The molecule has 0 aliphatic rings. The normalized spacial score (nSPS) is 10.5. The van der Waals surface area contributed by atoms with Crippen LogP contribution >= 0.6 is 27.3 Å². The molecule has 0 aliphatic carbocycles. The number of halogens is 1. The summed E-state index contributed by atoms with van der Waals surface area (Å²) < 4.78 is 1.26. The van der Waals surface area contributed by atoms with Gasteiger partial charge in [-0.2, -0.15) is 0 Å². The minimum Gasteiger partial charge on any atom is -0.330 e. The molecule has 0 bridgehead atoms. The molecule has 0 unspecified atom stereocenters. The second kappa shape index (κ2) is 5.73. The van der Waals surface area contributed by atoms with Gasteiger partial charge in [-0.3, -0.25) is 0 Å². The van der Waals surface area contributed by atoms with Crippen molar-refractivity contribution in [2.75, 3.05) is 6.54 Å². The highest BCUT2D eigenvalue weighted by Crippen LogP contribution is 2.24. The highest BCUT2D eigenvalue weighted by atomic mass is 79.9. The molecule has 0 aromatic carbocycles. The topological polar surface area (TPSA) is 26.0 Å². The van der Waals surface area contributed by atoms with Gasteiger partial charge in [-0.15, -0.1) is 11.3 Å². The zero-order valence-electron chi connectivity index (χ0n) is 7.05. The Hall–Kier alpha value is 0.140. The Bertz CT molecular complexity index is 222. The molecule has 0 saturated carbocycles. The maximum Gasteiger partial charge on any atom is 0.0314 e. The quantitative estimate of drug-likeness (QED) is 0.796. The molecule has 0 saturated heterocycles. The van der Waals surface area contributed by atoms with Crippen LogP contribution in [0, 0.1) is 0 Å². The molecule has 1 aromatic rings. The van der Waals surface area contributed by atoms with Crippen molar-refractivity contribution in [3.63, 3.8) is 0 Å². The van der Waals surface area contributed by atoms with Gasteiger partial charge in [-0.25, -0.2) is 0 Å². The zero-order valence-corrected chi connectivity index (χ0v) is 9.46. The van der Waals surface area contributed by atoms with Crippen LogP contribution in [-0.4, -0.2) is 6.54 Å². The van der Waals surface area contributed by atoms with Crippen LogP contribution < -0.4 is 5.73 Å². The van der Waals surface area contributed by atoms with E-state index in [-0.39, 0.29) is 0 Å². The fourth-order valence-corrected chi connectivity index (χ4v) is 2.71. The third kappa shape index (κ3) is 3.25. The lowest BCUT2D eigenvalue weighted by atomic mass is 10.2. The summed E-state index contributed by atoms with van der Waals surface area (Å²) in [6.07, 6.45) is 4.86. The van der Waals surface area contributed by atoms with Gasteiger partial charge in [0.05, 0.1) is 0 Å². The van der Waals surface area contributed by atoms with Crippen LogP contribution in [0.1, 0.15) is 24.1 Å². The summed E-state index contributed by atoms with van der Waals surface area (Å²) in [5.74, 6) is 0. The third-order valence-corrected chi connectivity index (χ3v) is 3.79. The maximum absolute atomic E-state index is 5.41. The van der Waals surface area contributed by atoms with E-state index in [1.807, 2.05) is 11.3 Å². The summed E-state index contributed by atoms with van der Waals surface area (Å²) >= 11 is 5.35. The van der Waals surface area contributed by atoms with Gasteiger partial charge in [0.2, 0.25) is 0 Å². The van der Waals surface area contributed by atoms with Gasteiger partial charge >= 0.3 is 0 Å². The van der Waals surface area contributed by atoms with Crippen LogP contribution in [0.2, 0.25) is 0 Å². The molecule has 0 radical (unpaired) electrons. The number of nitrogens with two attached hydrogens (primary N) is 1. The van der Waals surface area contributed by atoms with Crippen LogP contribution in [0.4, 0.5) is 0 Å². The Balaban J connectivity index is 2.20. The average Bonchev–Trinajstić information content (AvgIpc) is 2.46. The van der Waals surface area contributed by atoms with Crippen molar-refractivity contribution in [2.45, 2.75) is 25.7 Å². The smallest absolute Gasteiger partial charge is 0.0314 e. The van der Waals surface area contributed by atoms with Crippen molar-refractivity contribution in [1.29, 1.82) is 0 Å². The van der Waals surface area contributed by atoms with Crippen LogP contribution in [0.5, 0.6) is 0 Å². The fraction of sp³-hybridized carbons (Fsp3) is 0.556. The maximum atomic E-state index is 5.41. The van der Waals surface area contributed by atoms with Gasteiger partial charge in [0.25, 0.3) is 0 Å². The lowest BCUT2D eigenvalue weighted by Gasteiger charge is -1.97. The van der Waals surface area contributed by atoms with Gasteiger partial charge in [0.1, 0.15) is 0 Å². The molecule has 0 amide bonds. The van der Waals surface area contributed by atoms with Gasteiger partial charge < -0.3 is 5.73 Å². The Morgan fingerprint density at radius 2 is 2.17 bits per heavy atom. The first-order valence-electron chi connectivity index (χ1n) is 4.26. The predicted molar refractivity (Wildman–Crippen MR) is 58.6 cm³/mol. The Morgan fingerprint density at radius 1 is 1.33 bits per heavy atom. The molecular weight excluding hydrogens is 234 g/mol. The van der Waals surface area contributed by atoms with E-state index in [2.05, 4.69) is 27.4 Å². The Kier molecular flexibility index (Phi) is 4.88. The van der Waals surface area contributed by atoms with Crippen LogP contribution in [0.3, 0.4) is 0 Å². The molecule has 0 aliphatic heterocycles. The summed E-state index contributed by atoms with van der Waals surface area (Å²) in [5, 5.41) is 2.13. The van der Waals surface area contributed by atoms with E-state index < -0.39 is 0 Å². The van der Waals surface area contributed by atoms with Gasteiger partial charge in [-0.05, 0) is 53.2 Å². The SMILES string of the molecule is NCCCCCc1sccc1Br. The first kappa shape index (κ1) is 10.2. The van der Waals surface area contributed by atoms with E-state index in [1.54, 1.807) is 0 Å². The van der Waals surface area contributed by atoms with Gasteiger partial charge in [-0.1, -0.05) is 6.42 Å². The predicted octanol–water partition coefficient (Wildman–Crippen LogP) is 3.18. The van der Waals surface area contributed by atoms with Crippen molar-refractivity contribution in [3.8, 4) is 0 Å². The molecule has 0 fully saturated rings. The summed E-state index contributed by atoms with van der Waals surface area (Å²) in [7, 11) is 0. The molecular formula is C9H14BrNS. The number of thiophene rings is 1. The van der Waals surface area contributed by atoms with Gasteiger partial charge in [0.15, 0.2) is 0 Å². The molecule has 12 heavy (non-hydrogen) atoms. The number of hydrogen-bond acceptors (Lipinski definition) is 2. The fourth-order valence-electron chi connectivity index (χ4n) is 1.11. The lowest BCUT2D eigenvalue weighted by Crippen LogP contribution is -1.97. The third-order valence-electron chi connectivity index (χ3n) is 1.80. The van der Waals surface area contributed by atoms with E-state index in [0.29, 0.717) is 0 Å². The minimum absolute atomic E-state index is 0.825. The minimum atomic E-state index is 0.825. The first-order chi connectivity index (χ1) is 5.84. The summed E-state index contributed by atoms with van der Waals surface area (Å²) in [4.78, 5) is 1.46. The summed E-state index contributed by atoms with van der Waals surface area (Å²) in [6.45, 7) is 0.825. The zero-order chi connectivity index (χ0) is 8.81. The van der Waals surface area contributed by atoms with E-state index in [4.69, 9.17) is 5.73 Å². The molecule has 2 N–H and O–H groups in total. The van der Waals surface area contributed by atoms with Crippen molar-refractivity contribution in [2.24, 2.45) is 5.73 Å². The van der Waals surface area contributed by atoms with E-state index in [9.17, 15) is 0 Å². The van der Waals surface area contributed by atoms with Crippen molar-refractivity contribution in [3.05, 3.63) is 20.8 Å². The number of rotatable bonds is 5. The van der Waals surface area contributed by atoms with Crippen LogP contribution in [0.25, 0.3) is 0 Å². The van der Waals surface area contributed by atoms with Gasteiger partial charge in [0, 0.05) is 9.35 Å². The van der Waals surface area contributed by atoms with Crippen molar-refractivity contribution >= 4 is 27.3 Å². The molecule has 0 atom stereocenters. The number of aryl methyl sites for hydroxylation is 1. The van der Waals surface area contributed by atoms with Crippen LogP contribution in [-0.2, 0) is 6.42 Å².